The van der Waals surface area contributed by atoms with Crippen LogP contribution in [0.4, 0.5) is 10.3 Å². The number of aromatic nitrogens is 3. The number of benzene rings is 2. The van der Waals surface area contributed by atoms with Gasteiger partial charge in [-0.3, -0.25) is 25.0 Å². The lowest BCUT2D eigenvalue weighted by Gasteiger charge is -2.13. The molecule has 0 atom stereocenters. The van der Waals surface area contributed by atoms with Crippen molar-refractivity contribution in [1.29, 1.82) is 0 Å². The Morgan fingerprint density at radius 3 is 2.72 bits per heavy atom. The molecule has 1 amide bonds. The standard InChI is InChI=1S/C22H20FN5O3S/c1-2-28-21(30)17-5-3-4-6-18(17)25-22(28)27-26-19(29)11-15-13-32-20(24-15)12-31-16-9-7-14(23)8-10-16/h3-10,13H,2,11-12H2,1H3,(H,25,27)(H,26,29). The number of carbonyl (C=O) groups is 1. The van der Waals surface area contributed by atoms with Crippen molar-refractivity contribution in [2.45, 2.75) is 26.5 Å². The van der Waals surface area contributed by atoms with Crippen LogP contribution in [0.1, 0.15) is 17.6 Å². The molecular weight excluding hydrogens is 433 g/mol. The summed E-state index contributed by atoms with van der Waals surface area (Å²) in [5, 5.41) is 2.99. The summed E-state index contributed by atoms with van der Waals surface area (Å²) in [4.78, 5) is 33.8. The number of thiazole rings is 1. The second-order valence-electron chi connectivity index (χ2n) is 6.83. The molecule has 0 unspecified atom stereocenters. The average molecular weight is 453 g/mol. The Morgan fingerprint density at radius 2 is 1.94 bits per heavy atom. The summed E-state index contributed by atoms with van der Waals surface area (Å²) in [7, 11) is 0. The molecule has 2 aromatic heterocycles. The van der Waals surface area contributed by atoms with Gasteiger partial charge in [0.15, 0.2) is 0 Å². The van der Waals surface area contributed by atoms with E-state index in [4.69, 9.17) is 4.74 Å². The third kappa shape index (κ3) is 4.92. The van der Waals surface area contributed by atoms with E-state index < -0.39 is 0 Å². The quantitative estimate of drug-likeness (QED) is 0.398. The van der Waals surface area contributed by atoms with Crippen molar-refractivity contribution < 1.29 is 13.9 Å². The maximum atomic E-state index is 12.9. The SMILES string of the molecule is CCn1c(NNC(=O)Cc2csc(COc3ccc(F)cc3)n2)nc2ccccc2c1=O. The van der Waals surface area contributed by atoms with Gasteiger partial charge in [0, 0.05) is 11.9 Å². The Hall–Kier alpha value is -3.79. The number of hydrazine groups is 1. The molecule has 4 rings (SSSR count). The van der Waals surface area contributed by atoms with E-state index >= 15 is 0 Å². The highest BCUT2D eigenvalue weighted by Crippen LogP contribution is 2.16. The van der Waals surface area contributed by atoms with E-state index in [1.54, 1.807) is 41.8 Å². The van der Waals surface area contributed by atoms with Crippen molar-refractivity contribution in [2.75, 3.05) is 5.43 Å². The number of fused-ring (bicyclic) bond motifs is 1. The molecule has 2 heterocycles. The lowest BCUT2D eigenvalue weighted by atomic mass is 10.2. The highest BCUT2D eigenvalue weighted by atomic mass is 32.1. The Labute approximate surface area is 186 Å². The third-order valence-electron chi connectivity index (χ3n) is 4.61. The van der Waals surface area contributed by atoms with Gasteiger partial charge in [-0.2, -0.15) is 0 Å². The van der Waals surface area contributed by atoms with Crippen molar-refractivity contribution in [3.05, 3.63) is 80.8 Å². The Morgan fingerprint density at radius 1 is 1.16 bits per heavy atom. The Balaban J connectivity index is 1.35. The molecule has 4 aromatic rings. The molecule has 2 aromatic carbocycles. The van der Waals surface area contributed by atoms with Gasteiger partial charge in [0.1, 0.15) is 23.2 Å². The van der Waals surface area contributed by atoms with Crippen LogP contribution in [0.25, 0.3) is 10.9 Å². The number of halogens is 1. The summed E-state index contributed by atoms with van der Waals surface area (Å²) in [6, 6.07) is 12.8. The first-order chi connectivity index (χ1) is 15.5. The molecule has 0 bridgehead atoms. The van der Waals surface area contributed by atoms with Gasteiger partial charge in [0.05, 0.1) is 23.0 Å². The van der Waals surface area contributed by atoms with Gasteiger partial charge in [0.2, 0.25) is 11.9 Å². The molecule has 164 valence electrons. The van der Waals surface area contributed by atoms with E-state index in [0.717, 1.165) is 0 Å². The van der Waals surface area contributed by atoms with E-state index in [0.29, 0.717) is 33.9 Å². The van der Waals surface area contributed by atoms with E-state index in [1.165, 1.54) is 28.0 Å². The van der Waals surface area contributed by atoms with Crippen LogP contribution in [-0.4, -0.2) is 20.4 Å². The van der Waals surface area contributed by atoms with Crippen LogP contribution in [0.5, 0.6) is 5.75 Å². The average Bonchev–Trinajstić information content (AvgIpc) is 3.24. The lowest BCUT2D eigenvalue weighted by Crippen LogP contribution is -2.35. The molecule has 8 nitrogen and oxygen atoms in total. The number of anilines is 1. The van der Waals surface area contributed by atoms with E-state index in [-0.39, 0.29) is 36.3 Å². The minimum absolute atomic E-state index is 0.0456. The number of para-hydroxylation sites is 1. The predicted octanol–water partition coefficient (Wildman–Crippen LogP) is 3.28. The number of nitrogens with zero attached hydrogens (tertiary/aromatic N) is 3. The van der Waals surface area contributed by atoms with Crippen LogP contribution in [0.15, 0.2) is 58.7 Å². The highest BCUT2D eigenvalue weighted by Gasteiger charge is 2.12. The van der Waals surface area contributed by atoms with E-state index in [2.05, 4.69) is 20.8 Å². The summed E-state index contributed by atoms with van der Waals surface area (Å²) in [5.74, 6) is 0.140. The van der Waals surface area contributed by atoms with Gasteiger partial charge in [-0.05, 0) is 43.3 Å². The molecule has 0 saturated carbocycles. The van der Waals surface area contributed by atoms with Crippen molar-refractivity contribution >= 4 is 34.1 Å². The maximum absolute atomic E-state index is 12.9. The van der Waals surface area contributed by atoms with Crippen molar-refractivity contribution in [3.8, 4) is 5.75 Å². The van der Waals surface area contributed by atoms with Gasteiger partial charge < -0.3 is 4.74 Å². The van der Waals surface area contributed by atoms with Gasteiger partial charge in [-0.1, -0.05) is 12.1 Å². The largest absolute Gasteiger partial charge is 0.486 e. The molecule has 0 aliphatic carbocycles. The van der Waals surface area contributed by atoms with Crippen LogP contribution in [-0.2, 0) is 24.4 Å². The molecular formula is C22H20FN5O3S. The van der Waals surface area contributed by atoms with Crippen molar-refractivity contribution in [3.63, 3.8) is 0 Å². The first-order valence-corrected chi connectivity index (χ1v) is 10.8. The molecule has 0 aliphatic heterocycles. The second-order valence-corrected chi connectivity index (χ2v) is 7.77. The highest BCUT2D eigenvalue weighted by molar-refractivity contribution is 7.09. The molecule has 0 fully saturated rings. The van der Waals surface area contributed by atoms with Crippen molar-refractivity contribution in [2.24, 2.45) is 0 Å². The zero-order valence-corrected chi connectivity index (χ0v) is 18.0. The second kappa shape index (κ2) is 9.56. The number of ether oxygens (including phenoxy) is 1. The fourth-order valence-corrected chi connectivity index (χ4v) is 3.77. The molecule has 32 heavy (non-hydrogen) atoms. The zero-order valence-electron chi connectivity index (χ0n) is 17.2. The van der Waals surface area contributed by atoms with Crippen molar-refractivity contribution in [1.82, 2.24) is 20.0 Å². The predicted molar refractivity (Wildman–Crippen MR) is 120 cm³/mol. The smallest absolute Gasteiger partial charge is 0.262 e. The molecule has 2 N–H and O–H groups in total. The minimum Gasteiger partial charge on any atom is -0.486 e. The number of hydrogen-bond donors (Lipinski definition) is 2. The molecule has 0 saturated heterocycles. The summed E-state index contributed by atoms with van der Waals surface area (Å²) < 4.78 is 20.0. The van der Waals surface area contributed by atoms with E-state index in [1.807, 2.05) is 6.92 Å². The molecule has 0 radical (unpaired) electrons. The lowest BCUT2D eigenvalue weighted by molar-refractivity contribution is -0.120. The van der Waals surface area contributed by atoms with E-state index in [9.17, 15) is 14.0 Å². The number of rotatable bonds is 8. The topological polar surface area (TPSA) is 98.1 Å². The van der Waals surface area contributed by atoms with Crippen LogP contribution < -0.4 is 21.1 Å². The number of nitrogens with one attached hydrogen (secondary N) is 2. The summed E-state index contributed by atoms with van der Waals surface area (Å²) in [6.07, 6.45) is 0.0456. The molecule has 0 aliphatic rings. The first-order valence-electron chi connectivity index (χ1n) is 9.89. The normalized spacial score (nSPS) is 10.8. The van der Waals surface area contributed by atoms with Crippen LogP contribution in [0, 0.1) is 5.82 Å². The van der Waals surface area contributed by atoms with Gasteiger partial charge in [0.25, 0.3) is 5.56 Å². The van der Waals surface area contributed by atoms with Crippen LogP contribution >= 0.6 is 11.3 Å². The number of amides is 1. The number of carbonyl (C=O) groups excluding carboxylic acids is 1. The Bertz CT molecular complexity index is 1300. The third-order valence-corrected chi connectivity index (χ3v) is 5.48. The minimum atomic E-state index is -0.330. The summed E-state index contributed by atoms with van der Waals surface area (Å²) >= 11 is 1.37. The fraction of sp³-hybridized carbons (Fsp3) is 0.182. The zero-order chi connectivity index (χ0) is 22.5. The fourth-order valence-electron chi connectivity index (χ4n) is 3.06. The maximum Gasteiger partial charge on any atom is 0.262 e. The van der Waals surface area contributed by atoms with Crippen LogP contribution in [0.3, 0.4) is 0 Å². The molecule has 0 spiro atoms. The number of hydrogen-bond acceptors (Lipinski definition) is 7. The van der Waals surface area contributed by atoms with Gasteiger partial charge >= 0.3 is 0 Å². The first kappa shape index (κ1) is 21.4. The summed E-state index contributed by atoms with van der Waals surface area (Å²) in [6.45, 7) is 2.45. The van der Waals surface area contributed by atoms with Crippen LogP contribution in [0.2, 0.25) is 0 Å². The Kier molecular flexibility index (Phi) is 6.41. The van der Waals surface area contributed by atoms with Gasteiger partial charge in [-0.15, -0.1) is 11.3 Å². The molecule has 10 heteroatoms. The monoisotopic (exact) mass is 453 g/mol. The van der Waals surface area contributed by atoms with Gasteiger partial charge in [-0.25, -0.2) is 14.4 Å². The summed E-state index contributed by atoms with van der Waals surface area (Å²) in [5.41, 5.74) is 6.28.